The number of thiazole rings is 1. The first-order valence-corrected chi connectivity index (χ1v) is 6.83. The molecule has 0 aliphatic heterocycles. The lowest BCUT2D eigenvalue weighted by Gasteiger charge is -2.40. The summed E-state index contributed by atoms with van der Waals surface area (Å²) in [6.45, 7) is 0.675. The summed E-state index contributed by atoms with van der Waals surface area (Å²) in [5, 5.41) is 3.96. The number of hydrogen-bond donors (Lipinski definition) is 1. The highest BCUT2D eigenvalue weighted by atomic mass is 35.5. The van der Waals surface area contributed by atoms with Crippen LogP contribution in [0, 0.1) is 0 Å². The van der Waals surface area contributed by atoms with E-state index in [1.807, 2.05) is 0 Å². The second kappa shape index (κ2) is 5.42. The molecule has 2 rings (SSSR count). The number of carbonyl (C=O) groups excluding carboxylic acids is 1. The monoisotopic (exact) mass is 290 g/mol. The maximum Gasteiger partial charge on any atom is 0.351 e. The Balaban J connectivity index is 2.00. The fourth-order valence-corrected chi connectivity index (χ4v) is 2.96. The predicted molar refractivity (Wildman–Crippen MR) is 70.5 cm³/mol. The lowest BCUT2D eigenvalue weighted by Crippen LogP contribution is -2.45. The minimum absolute atomic E-state index is 0.0937. The Bertz CT molecular complexity index is 440. The quantitative estimate of drug-likeness (QED) is 0.845. The Labute approximate surface area is 114 Å². The standard InChI is InChI=1S/C11H15ClN2O3S/c1-16-9(15)7-8(12)14-10(18-7)13-6-11(17-2)4-3-5-11/h3-6H2,1-2H3,(H,13,14). The van der Waals surface area contributed by atoms with Gasteiger partial charge in [-0.3, -0.25) is 0 Å². The largest absolute Gasteiger partial charge is 0.465 e. The Morgan fingerprint density at radius 1 is 1.56 bits per heavy atom. The van der Waals surface area contributed by atoms with Crippen LogP contribution in [0.15, 0.2) is 0 Å². The number of rotatable bonds is 5. The molecule has 0 saturated heterocycles. The van der Waals surface area contributed by atoms with Gasteiger partial charge in [0.2, 0.25) is 0 Å². The first-order chi connectivity index (χ1) is 8.60. The van der Waals surface area contributed by atoms with E-state index in [1.54, 1.807) is 7.11 Å². The van der Waals surface area contributed by atoms with Gasteiger partial charge in [-0.1, -0.05) is 22.9 Å². The molecule has 0 amide bonds. The van der Waals surface area contributed by atoms with E-state index in [2.05, 4.69) is 15.0 Å². The highest BCUT2D eigenvalue weighted by molar-refractivity contribution is 7.18. The fraction of sp³-hybridized carbons (Fsp3) is 0.636. The van der Waals surface area contributed by atoms with E-state index in [4.69, 9.17) is 16.3 Å². The molecule has 0 spiro atoms. The summed E-state index contributed by atoms with van der Waals surface area (Å²) in [6.07, 6.45) is 3.26. The van der Waals surface area contributed by atoms with Gasteiger partial charge in [0.05, 0.1) is 12.7 Å². The second-order valence-electron chi connectivity index (χ2n) is 4.22. The van der Waals surface area contributed by atoms with E-state index < -0.39 is 5.97 Å². The van der Waals surface area contributed by atoms with Crippen LogP contribution in [0.2, 0.25) is 5.15 Å². The molecule has 1 fully saturated rings. The molecule has 18 heavy (non-hydrogen) atoms. The lowest BCUT2D eigenvalue weighted by molar-refractivity contribution is -0.0601. The van der Waals surface area contributed by atoms with E-state index in [9.17, 15) is 4.79 Å². The molecular weight excluding hydrogens is 276 g/mol. The van der Waals surface area contributed by atoms with Crippen LogP contribution < -0.4 is 5.32 Å². The molecule has 0 aromatic carbocycles. The fourth-order valence-electron chi connectivity index (χ4n) is 1.86. The van der Waals surface area contributed by atoms with Gasteiger partial charge in [0, 0.05) is 13.7 Å². The zero-order chi connectivity index (χ0) is 13.2. The number of carbonyl (C=O) groups is 1. The summed E-state index contributed by atoms with van der Waals surface area (Å²) in [4.78, 5) is 15.8. The second-order valence-corrected chi connectivity index (χ2v) is 5.58. The first kappa shape index (κ1) is 13.6. The van der Waals surface area contributed by atoms with Crippen molar-refractivity contribution < 1.29 is 14.3 Å². The molecule has 0 bridgehead atoms. The summed E-state index contributed by atoms with van der Waals surface area (Å²) in [6, 6.07) is 0. The van der Waals surface area contributed by atoms with E-state index in [1.165, 1.54) is 24.9 Å². The topological polar surface area (TPSA) is 60.5 Å². The maximum atomic E-state index is 11.4. The number of methoxy groups -OCH3 is 2. The summed E-state index contributed by atoms with van der Waals surface area (Å²) in [5.41, 5.74) is -0.0937. The molecule has 0 atom stereocenters. The average molecular weight is 291 g/mol. The van der Waals surface area contributed by atoms with Crippen molar-refractivity contribution in [3.8, 4) is 0 Å². The van der Waals surface area contributed by atoms with Crippen LogP contribution in [0.4, 0.5) is 5.13 Å². The molecule has 100 valence electrons. The van der Waals surface area contributed by atoms with Gasteiger partial charge in [0.1, 0.15) is 0 Å². The summed E-state index contributed by atoms with van der Waals surface area (Å²) in [5.74, 6) is -0.462. The molecule has 1 aliphatic carbocycles. The number of halogens is 1. The van der Waals surface area contributed by atoms with Gasteiger partial charge < -0.3 is 14.8 Å². The number of nitrogens with zero attached hydrogens (tertiary/aromatic N) is 1. The van der Waals surface area contributed by atoms with E-state index >= 15 is 0 Å². The van der Waals surface area contributed by atoms with Gasteiger partial charge in [-0.05, 0) is 19.3 Å². The van der Waals surface area contributed by atoms with Crippen molar-refractivity contribution in [3.05, 3.63) is 10.0 Å². The van der Waals surface area contributed by atoms with Gasteiger partial charge in [-0.25, -0.2) is 9.78 Å². The van der Waals surface area contributed by atoms with Crippen molar-refractivity contribution in [2.75, 3.05) is 26.1 Å². The number of esters is 1. The van der Waals surface area contributed by atoms with Crippen LogP contribution in [-0.4, -0.2) is 37.3 Å². The SMILES string of the molecule is COC(=O)c1sc(NCC2(OC)CCC2)nc1Cl. The van der Waals surface area contributed by atoms with Crippen molar-refractivity contribution in [3.63, 3.8) is 0 Å². The van der Waals surface area contributed by atoms with Crippen molar-refractivity contribution in [2.45, 2.75) is 24.9 Å². The van der Waals surface area contributed by atoms with Crippen LogP contribution in [0.25, 0.3) is 0 Å². The number of anilines is 1. The molecule has 0 unspecified atom stereocenters. The van der Waals surface area contributed by atoms with Crippen LogP contribution in [0.5, 0.6) is 0 Å². The van der Waals surface area contributed by atoms with E-state index in [-0.39, 0.29) is 10.8 Å². The maximum absolute atomic E-state index is 11.4. The summed E-state index contributed by atoms with van der Waals surface area (Å²) in [7, 11) is 3.04. The van der Waals surface area contributed by atoms with Crippen molar-refractivity contribution >= 4 is 34.0 Å². The zero-order valence-electron chi connectivity index (χ0n) is 10.3. The Hall–Kier alpha value is -0.850. The van der Waals surface area contributed by atoms with Gasteiger partial charge in [-0.2, -0.15) is 0 Å². The van der Waals surface area contributed by atoms with Gasteiger partial charge in [0.25, 0.3) is 0 Å². The number of aromatic nitrogens is 1. The van der Waals surface area contributed by atoms with Crippen LogP contribution in [0.3, 0.4) is 0 Å². The van der Waals surface area contributed by atoms with Crippen molar-refractivity contribution in [1.29, 1.82) is 0 Å². The molecule has 1 aromatic rings. The molecular formula is C11H15ClN2O3S. The van der Waals surface area contributed by atoms with E-state index in [0.717, 1.165) is 12.8 Å². The third kappa shape index (κ3) is 2.60. The highest BCUT2D eigenvalue weighted by Gasteiger charge is 2.37. The van der Waals surface area contributed by atoms with Crippen molar-refractivity contribution in [1.82, 2.24) is 4.98 Å². The van der Waals surface area contributed by atoms with Gasteiger partial charge in [-0.15, -0.1) is 0 Å². The molecule has 1 saturated carbocycles. The van der Waals surface area contributed by atoms with Crippen LogP contribution in [0.1, 0.15) is 28.9 Å². The Morgan fingerprint density at radius 2 is 2.28 bits per heavy atom. The van der Waals surface area contributed by atoms with Gasteiger partial charge in [0.15, 0.2) is 15.2 Å². The lowest BCUT2D eigenvalue weighted by atomic mass is 9.80. The smallest absolute Gasteiger partial charge is 0.351 e. The molecule has 0 radical (unpaired) electrons. The molecule has 1 aromatic heterocycles. The highest BCUT2D eigenvalue weighted by Crippen LogP contribution is 2.36. The molecule has 1 N–H and O–H groups in total. The van der Waals surface area contributed by atoms with Crippen LogP contribution >= 0.6 is 22.9 Å². The predicted octanol–water partition coefficient (Wildman–Crippen LogP) is 2.56. The first-order valence-electron chi connectivity index (χ1n) is 5.64. The average Bonchev–Trinajstić information content (AvgIpc) is 2.69. The van der Waals surface area contributed by atoms with Crippen molar-refractivity contribution in [2.24, 2.45) is 0 Å². The molecule has 1 aliphatic rings. The van der Waals surface area contributed by atoms with Crippen LogP contribution in [-0.2, 0) is 9.47 Å². The number of nitrogens with one attached hydrogen (secondary N) is 1. The molecule has 7 heteroatoms. The third-order valence-electron chi connectivity index (χ3n) is 3.22. The third-order valence-corrected chi connectivity index (χ3v) is 4.59. The van der Waals surface area contributed by atoms with Gasteiger partial charge >= 0.3 is 5.97 Å². The minimum Gasteiger partial charge on any atom is -0.465 e. The molecule has 1 heterocycles. The summed E-state index contributed by atoms with van der Waals surface area (Å²) >= 11 is 7.07. The number of ether oxygens (including phenoxy) is 2. The minimum atomic E-state index is -0.462. The molecule has 5 nitrogen and oxygen atoms in total. The normalized spacial score (nSPS) is 17.1. The Kier molecular flexibility index (Phi) is 4.09. The zero-order valence-corrected chi connectivity index (χ0v) is 11.9. The summed E-state index contributed by atoms with van der Waals surface area (Å²) < 4.78 is 10.1. The number of hydrogen-bond acceptors (Lipinski definition) is 6. The Morgan fingerprint density at radius 3 is 2.78 bits per heavy atom. The van der Waals surface area contributed by atoms with E-state index in [0.29, 0.717) is 16.6 Å².